The summed E-state index contributed by atoms with van der Waals surface area (Å²) in [4.78, 5) is 57.0. The van der Waals surface area contributed by atoms with Gasteiger partial charge in [0.05, 0.1) is 36.6 Å². The Bertz CT molecular complexity index is 2450. The Morgan fingerprint density at radius 2 is 1.38 bits per heavy atom. The van der Waals surface area contributed by atoms with E-state index < -0.39 is 25.9 Å². The molecule has 0 bridgehead atoms. The molecule has 3 heterocycles. The molecule has 6 aromatic rings. The molecule has 2 aliphatic rings. The van der Waals surface area contributed by atoms with Gasteiger partial charge < -0.3 is 19.5 Å². The van der Waals surface area contributed by atoms with Gasteiger partial charge in [-0.1, -0.05) is 91.0 Å². The molecule has 1 unspecified atom stereocenters. The zero-order chi connectivity index (χ0) is 42.0. The number of para-hydroxylation sites is 2. The number of aromatic nitrogens is 3. The number of ether oxygens (including phenoxy) is 1. The maximum Gasteiger partial charge on any atom is 0.264 e. The zero-order valence-corrected chi connectivity index (χ0v) is 34.8. The first-order valence-corrected chi connectivity index (χ1v) is 23.2. The summed E-state index contributed by atoms with van der Waals surface area (Å²) < 4.78 is 8.88. The number of rotatable bonds is 15. The fourth-order valence-electron chi connectivity index (χ4n) is 9.20. The van der Waals surface area contributed by atoms with Crippen LogP contribution in [0.1, 0.15) is 41.6 Å². The molecule has 0 aliphatic carbocycles. The maximum absolute atomic E-state index is 15.3. The first kappa shape index (κ1) is 40.5. The number of aryl methyl sites for hydroxylation is 1. The highest BCUT2D eigenvalue weighted by Gasteiger charge is 2.66. The first-order valence-electron chi connectivity index (χ1n) is 20.2. The predicted octanol–water partition coefficient (Wildman–Crippen LogP) is 7.43. The quantitative estimate of drug-likeness (QED) is 0.0806. The molecule has 5 atom stereocenters. The Morgan fingerprint density at radius 1 is 0.817 bits per heavy atom. The largest absolute Gasteiger partial charge is 0.432 e. The average Bonchev–Trinajstić information content (AvgIpc) is 3.92. The van der Waals surface area contributed by atoms with Crippen LogP contribution in [0.4, 0.5) is 28.4 Å². The summed E-state index contributed by atoms with van der Waals surface area (Å²) in [5, 5.41) is 19.1. The molecule has 0 radical (unpaired) electrons. The van der Waals surface area contributed by atoms with Crippen molar-refractivity contribution in [2.24, 2.45) is 5.92 Å². The summed E-state index contributed by atoms with van der Waals surface area (Å²) in [6.07, 6.45) is 3.29. The molecule has 1 fully saturated rings. The van der Waals surface area contributed by atoms with E-state index in [1.807, 2.05) is 160 Å². The van der Waals surface area contributed by atoms with E-state index in [0.717, 1.165) is 29.6 Å². The van der Waals surface area contributed by atoms with Gasteiger partial charge in [-0.2, -0.15) is 0 Å². The molecule has 0 saturated carbocycles. The lowest BCUT2D eigenvalue weighted by molar-refractivity contribution is -0.146. The van der Waals surface area contributed by atoms with Crippen LogP contribution in [0.3, 0.4) is 0 Å². The predicted molar refractivity (Wildman–Crippen MR) is 233 cm³/mol. The van der Waals surface area contributed by atoms with Gasteiger partial charge in [-0.25, -0.2) is 0 Å². The number of nitrogens with zero attached hydrogens (tertiary/aromatic N) is 6. The third-order valence-electron chi connectivity index (χ3n) is 12.0. The molecule has 60 heavy (non-hydrogen) atoms. The zero-order valence-electron chi connectivity index (χ0n) is 33.8. The second kappa shape index (κ2) is 16.8. The Labute approximate surface area is 350 Å². The van der Waals surface area contributed by atoms with Crippen LogP contribution in [0.25, 0.3) is 0 Å². The SMILES string of the molecule is C[C@H]1[C@H]([Si](C)(C)O)[C@@H](CCn2cc(C(CO)c3ccccc3)nn2)O[C@]12C(=O)N(Cc1ccc(N(C=O)c3ccccc3)cc1)c1ccc(N(C=O)c3ccccc3)cc12. The second-order valence-electron chi connectivity index (χ2n) is 16.1. The molecule has 1 saturated heterocycles. The Balaban J connectivity index is 1.14. The molecule has 306 valence electrons. The van der Waals surface area contributed by atoms with Crippen LogP contribution in [0.5, 0.6) is 0 Å². The van der Waals surface area contributed by atoms with Gasteiger partial charge >= 0.3 is 0 Å². The van der Waals surface area contributed by atoms with E-state index in [4.69, 9.17) is 4.74 Å². The van der Waals surface area contributed by atoms with E-state index in [1.54, 1.807) is 19.4 Å². The maximum atomic E-state index is 15.3. The van der Waals surface area contributed by atoms with E-state index in [1.165, 1.54) is 0 Å². The topological polar surface area (TPSA) is 141 Å². The lowest BCUT2D eigenvalue weighted by Crippen LogP contribution is -2.46. The minimum Gasteiger partial charge on any atom is -0.432 e. The van der Waals surface area contributed by atoms with E-state index >= 15 is 4.79 Å². The van der Waals surface area contributed by atoms with E-state index in [0.29, 0.717) is 47.0 Å². The molecule has 1 aromatic heterocycles. The van der Waals surface area contributed by atoms with Crippen molar-refractivity contribution in [1.82, 2.24) is 15.0 Å². The second-order valence-corrected chi connectivity index (χ2v) is 20.1. The summed E-state index contributed by atoms with van der Waals surface area (Å²) in [7, 11) is -3.01. The smallest absolute Gasteiger partial charge is 0.264 e. The lowest BCUT2D eigenvalue weighted by atomic mass is 9.82. The Kier molecular flexibility index (Phi) is 11.3. The third-order valence-corrected chi connectivity index (χ3v) is 14.5. The minimum atomic E-state index is -3.01. The fraction of sp³-hybridized carbons (Fsp3) is 0.255. The average molecular weight is 821 g/mol. The summed E-state index contributed by atoms with van der Waals surface area (Å²) in [5.74, 6) is -1.02. The van der Waals surface area contributed by atoms with Crippen LogP contribution < -0.4 is 14.7 Å². The van der Waals surface area contributed by atoms with Crippen molar-refractivity contribution in [3.05, 3.63) is 162 Å². The third kappa shape index (κ3) is 7.45. The van der Waals surface area contributed by atoms with Crippen molar-refractivity contribution >= 4 is 55.5 Å². The molecule has 12 nitrogen and oxygen atoms in total. The monoisotopic (exact) mass is 820 g/mol. The molecule has 13 heteroatoms. The number of carbonyl (C=O) groups excluding carboxylic acids is 3. The van der Waals surface area contributed by atoms with Gasteiger partial charge in [0.2, 0.25) is 12.8 Å². The van der Waals surface area contributed by atoms with Gasteiger partial charge in [0.25, 0.3) is 5.91 Å². The number of hydrogen-bond acceptors (Lipinski definition) is 8. The number of aliphatic hydroxyl groups excluding tert-OH is 1. The normalized spacial score (nSPS) is 20.2. The van der Waals surface area contributed by atoms with Gasteiger partial charge in [0.15, 0.2) is 13.9 Å². The standard InChI is InChI=1S/C47H48N6O6Si/c1-33-45(60(2,3)58)44(25-26-50-29-42(48-49-50)40(30-54)35-13-7-4-8-14-35)59-47(33)41-27-39(53(32-56)37-17-11-6-12-18-37)23-24-43(41)51(46(47)57)28-34-19-21-38(22-20-34)52(31-55)36-15-9-5-10-16-36/h4-24,27,29,31-33,40,44-45,54,58H,25-26,28,30H2,1-3H3/t33-,40?,44+,45-,47+/m0/s1. The first-order chi connectivity index (χ1) is 29.1. The van der Waals surface area contributed by atoms with Crippen molar-refractivity contribution in [2.75, 3.05) is 21.3 Å². The van der Waals surface area contributed by atoms with E-state index in [9.17, 15) is 19.5 Å². The molecule has 8 rings (SSSR count). The van der Waals surface area contributed by atoms with Crippen molar-refractivity contribution < 1.29 is 29.0 Å². The highest BCUT2D eigenvalue weighted by atomic mass is 28.4. The van der Waals surface area contributed by atoms with E-state index in [2.05, 4.69) is 10.3 Å². The van der Waals surface area contributed by atoms with Crippen LogP contribution >= 0.6 is 0 Å². The van der Waals surface area contributed by atoms with Crippen LogP contribution in [-0.4, -0.2) is 64.7 Å². The van der Waals surface area contributed by atoms with Crippen molar-refractivity contribution in [1.29, 1.82) is 0 Å². The molecule has 2 aliphatic heterocycles. The van der Waals surface area contributed by atoms with Gasteiger partial charge in [0, 0.05) is 52.5 Å². The number of anilines is 5. The van der Waals surface area contributed by atoms with Gasteiger partial charge in [0.1, 0.15) is 0 Å². The fourth-order valence-corrected chi connectivity index (χ4v) is 11.8. The van der Waals surface area contributed by atoms with Gasteiger partial charge in [-0.05, 0) is 85.2 Å². The summed E-state index contributed by atoms with van der Waals surface area (Å²) in [5.41, 5.74) is 4.56. The summed E-state index contributed by atoms with van der Waals surface area (Å²) >= 11 is 0. The molecular weight excluding hydrogens is 773 g/mol. The van der Waals surface area contributed by atoms with Crippen LogP contribution in [-0.2, 0) is 37.8 Å². The molecule has 2 N–H and O–H groups in total. The lowest BCUT2D eigenvalue weighted by Gasteiger charge is -2.32. The highest BCUT2D eigenvalue weighted by Crippen LogP contribution is 2.60. The van der Waals surface area contributed by atoms with Crippen LogP contribution in [0.15, 0.2) is 140 Å². The number of hydrogen-bond donors (Lipinski definition) is 2. The van der Waals surface area contributed by atoms with Crippen LogP contribution in [0, 0.1) is 5.92 Å². The molecule has 1 spiro atoms. The number of fused-ring (bicyclic) bond motifs is 2. The summed E-state index contributed by atoms with van der Waals surface area (Å²) in [6.45, 7) is 6.27. The summed E-state index contributed by atoms with van der Waals surface area (Å²) in [6, 6.07) is 41.5. The Morgan fingerprint density at radius 3 is 1.97 bits per heavy atom. The van der Waals surface area contributed by atoms with Gasteiger partial charge in [-0.15, -0.1) is 5.10 Å². The molecule has 5 aromatic carbocycles. The highest BCUT2D eigenvalue weighted by molar-refractivity contribution is 6.71. The van der Waals surface area contributed by atoms with Crippen molar-refractivity contribution in [3.8, 4) is 0 Å². The van der Waals surface area contributed by atoms with E-state index in [-0.39, 0.29) is 30.5 Å². The number of carbonyl (C=O) groups is 3. The number of aliphatic hydroxyl groups is 1. The van der Waals surface area contributed by atoms with Gasteiger partial charge in [-0.3, -0.25) is 28.9 Å². The van der Waals surface area contributed by atoms with Crippen molar-refractivity contribution in [2.45, 2.75) is 62.7 Å². The molecule has 3 amide bonds. The number of benzene rings is 5. The Hall–Kier alpha value is -6.25. The minimum absolute atomic E-state index is 0.123. The van der Waals surface area contributed by atoms with Crippen LogP contribution in [0.2, 0.25) is 18.6 Å². The number of amides is 3. The molecular formula is C47H48N6O6Si. The van der Waals surface area contributed by atoms with Crippen molar-refractivity contribution in [3.63, 3.8) is 0 Å².